The third kappa shape index (κ3) is 7.39. The Balaban J connectivity index is 3.05. The van der Waals surface area contributed by atoms with Crippen LogP contribution in [0, 0.1) is 0 Å². The number of phenolic OH excluding ortho intramolecular Hbond substituents is 1. The van der Waals surface area contributed by atoms with Crippen molar-refractivity contribution in [1.29, 1.82) is 0 Å². The van der Waals surface area contributed by atoms with Gasteiger partial charge in [0.2, 0.25) is 0 Å². The Kier molecular flexibility index (Phi) is 10.2. The topological polar surface area (TPSA) is 46.5 Å². The Morgan fingerprint density at radius 2 is 1.23 bits per heavy atom. The average molecular weight is 549 g/mol. The molecule has 222 valence electrons. The van der Waals surface area contributed by atoms with Crippen molar-refractivity contribution in [3.8, 4) is 11.5 Å². The van der Waals surface area contributed by atoms with Gasteiger partial charge in [-0.05, 0) is 51.2 Å². The molecule has 0 bridgehead atoms. The third-order valence-corrected chi connectivity index (χ3v) is 8.49. The van der Waals surface area contributed by atoms with Gasteiger partial charge in [0.05, 0.1) is 0 Å². The number of ether oxygens (including phenoxy) is 1. The lowest BCUT2D eigenvalue weighted by Gasteiger charge is -2.33. The van der Waals surface area contributed by atoms with Crippen molar-refractivity contribution in [3.05, 3.63) is 70.3 Å². The van der Waals surface area contributed by atoms with Crippen molar-refractivity contribution in [2.45, 2.75) is 143 Å². The standard InChI is InChI=1S/C37H56O3/c1-15-18-36(11,12)25-20-27(32(39)29(22-25)34(5,6)7)24(4)28-21-26(37(13,14)19-16-2)23-30(35(8,9)10)33(28)40-31(38)17-3/h17,20-24,39H,3,15-16,18-19H2,1-2,4-14H3. The Morgan fingerprint density at radius 1 is 0.800 bits per heavy atom. The number of benzene rings is 2. The first-order valence-electron chi connectivity index (χ1n) is 15.1. The summed E-state index contributed by atoms with van der Waals surface area (Å²) in [6.07, 6.45) is 5.45. The normalized spacial score (nSPS) is 13.7. The summed E-state index contributed by atoms with van der Waals surface area (Å²) >= 11 is 0. The van der Waals surface area contributed by atoms with Crippen LogP contribution in [0.25, 0.3) is 0 Å². The lowest BCUT2D eigenvalue weighted by molar-refractivity contribution is -0.129. The second-order valence-corrected chi connectivity index (χ2v) is 15.0. The minimum atomic E-state index is -0.475. The molecule has 0 aliphatic carbocycles. The molecule has 2 aromatic rings. The van der Waals surface area contributed by atoms with E-state index in [4.69, 9.17) is 4.74 Å². The molecule has 0 aliphatic rings. The van der Waals surface area contributed by atoms with Crippen LogP contribution in [0.3, 0.4) is 0 Å². The molecular weight excluding hydrogens is 492 g/mol. The first-order chi connectivity index (χ1) is 18.2. The van der Waals surface area contributed by atoms with Crippen LogP contribution in [0.4, 0.5) is 0 Å². The van der Waals surface area contributed by atoms with E-state index in [0.29, 0.717) is 11.5 Å². The summed E-state index contributed by atoms with van der Waals surface area (Å²) in [5, 5.41) is 11.8. The molecule has 0 amide bonds. The van der Waals surface area contributed by atoms with Crippen LogP contribution in [-0.4, -0.2) is 11.1 Å². The van der Waals surface area contributed by atoms with E-state index in [1.54, 1.807) is 0 Å². The van der Waals surface area contributed by atoms with E-state index < -0.39 is 5.97 Å². The van der Waals surface area contributed by atoms with Crippen LogP contribution >= 0.6 is 0 Å². The summed E-state index contributed by atoms with van der Waals surface area (Å²) in [4.78, 5) is 12.7. The molecule has 2 aromatic carbocycles. The van der Waals surface area contributed by atoms with E-state index in [9.17, 15) is 9.90 Å². The highest BCUT2D eigenvalue weighted by Gasteiger charge is 2.33. The van der Waals surface area contributed by atoms with E-state index in [0.717, 1.165) is 47.9 Å². The number of carbonyl (C=O) groups excluding carboxylic acids is 1. The maximum Gasteiger partial charge on any atom is 0.335 e. The van der Waals surface area contributed by atoms with Gasteiger partial charge < -0.3 is 9.84 Å². The Hall–Kier alpha value is -2.55. The molecule has 0 saturated heterocycles. The molecule has 0 saturated carbocycles. The molecule has 2 rings (SSSR count). The van der Waals surface area contributed by atoms with Crippen molar-refractivity contribution < 1.29 is 14.6 Å². The fraction of sp³-hybridized carbons (Fsp3) is 0.595. The molecular formula is C37H56O3. The molecule has 1 atom stereocenters. The fourth-order valence-corrected chi connectivity index (χ4v) is 5.83. The lowest BCUT2D eigenvalue weighted by Crippen LogP contribution is -2.23. The maximum absolute atomic E-state index is 12.7. The van der Waals surface area contributed by atoms with Crippen LogP contribution in [0.5, 0.6) is 11.5 Å². The van der Waals surface area contributed by atoms with E-state index in [1.807, 2.05) is 0 Å². The first kappa shape index (κ1) is 33.7. The van der Waals surface area contributed by atoms with Gasteiger partial charge in [0.25, 0.3) is 0 Å². The molecule has 0 fully saturated rings. The monoisotopic (exact) mass is 548 g/mol. The Labute approximate surface area is 245 Å². The number of hydrogen-bond acceptors (Lipinski definition) is 3. The highest BCUT2D eigenvalue weighted by atomic mass is 16.5. The van der Waals surface area contributed by atoms with E-state index >= 15 is 0 Å². The highest BCUT2D eigenvalue weighted by Crippen LogP contribution is 2.48. The van der Waals surface area contributed by atoms with Crippen LogP contribution in [0.2, 0.25) is 0 Å². The molecule has 3 nitrogen and oxygen atoms in total. The molecule has 3 heteroatoms. The van der Waals surface area contributed by atoms with Crippen LogP contribution in [0.1, 0.15) is 155 Å². The fourth-order valence-electron chi connectivity index (χ4n) is 5.83. The van der Waals surface area contributed by atoms with E-state index in [2.05, 4.69) is 121 Å². The van der Waals surface area contributed by atoms with Gasteiger partial charge in [-0.1, -0.05) is 134 Å². The number of hydrogen-bond donors (Lipinski definition) is 1. The minimum Gasteiger partial charge on any atom is -0.507 e. The number of phenols is 1. The van der Waals surface area contributed by atoms with Crippen molar-refractivity contribution in [3.63, 3.8) is 0 Å². The van der Waals surface area contributed by atoms with Gasteiger partial charge in [-0.25, -0.2) is 4.79 Å². The zero-order chi connectivity index (χ0) is 30.8. The summed E-state index contributed by atoms with van der Waals surface area (Å²) in [5.74, 6) is 0.213. The number of rotatable bonds is 10. The van der Waals surface area contributed by atoms with E-state index in [1.165, 1.54) is 17.2 Å². The summed E-state index contributed by atoms with van der Waals surface area (Å²) < 4.78 is 6.06. The van der Waals surface area contributed by atoms with Crippen LogP contribution in [0.15, 0.2) is 36.9 Å². The van der Waals surface area contributed by atoms with Crippen LogP contribution in [-0.2, 0) is 26.5 Å². The van der Waals surface area contributed by atoms with E-state index in [-0.39, 0.29) is 27.6 Å². The maximum atomic E-state index is 12.7. The molecule has 0 aromatic heterocycles. The Bertz CT molecular complexity index is 1220. The minimum absolute atomic E-state index is 0.0450. The Morgan fingerprint density at radius 3 is 1.62 bits per heavy atom. The largest absolute Gasteiger partial charge is 0.507 e. The molecule has 0 radical (unpaired) electrons. The van der Waals surface area contributed by atoms with Crippen molar-refractivity contribution in [2.75, 3.05) is 0 Å². The predicted octanol–water partition coefficient (Wildman–Crippen LogP) is 10.4. The summed E-state index contributed by atoms with van der Waals surface area (Å²) in [5.41, 5.74) is 5.55. The molecule has 0 aliphatic heterocycles. The summed E-state index contributed by atoms with van der Waals surface area (Å²) in [6, 6.07) is 8.81. The van der Waals surface area contributed by atoms with Crippen LogP contribution < -0.4 is 4.74 Å². The smallest absolute Gasteiger partial charge is 0.335 e. The lowest BCUT2D eigenvalue weighted by atomic mass is 9.72. The quantitative estimate of drug-likeness (QED) is 0.182. The van der Waals surface area contributed by atoms with Gasteiger partial charge in [-0.15, -0.1) is 0 Å². The van der Waals surface area contributed by atoms with Gasteiger partial charge in [-0.2, -0.15) is 0 Å². The van der Waals surface area contributed by atoms with Crippen molar-refractivity contribution >= 4 is 5.97 Å². The molecule has 40 heavy (non-hydrogen) atoms. The zero-order valence-corrected chi connectivity index (χ0v) is 27.8. The van der Waals surface area contributed by atoms with Crippen molar-refractivity contribution in [2.24, 2.45) is 0 Å². The molecule has 0 heterocycles. The molecule has 1 unspecified atom stereocenters. The van der Waals surface area contributed by atoms with Gasteiger partial charge in [0, 0.05) is 28.7 Å². The average Bonchev–Trinajstić information content (AvgIpc) is 2.81. The number of esters is 1. The van der Waals surface area contributed by atoms with Gasteiger partial charge in [-0.3, -0.25) is 0 Å². The summed E-state index contributed by atoms with van der Waals surface area (Å²) in [6.45, 7) is 32.3. The predicted molar refractivity (Wildman–Crippen MR) is 171 cm³/mol. The third-order valence-electron chi connectivity index (χ3n) is 8.49. The van der Waals surface area contributed by atoms with Crippen molar-refractivity contribution in [1.82, 2.24) is 0 Å². The number of aromatic hydroxyl groups is 1. The molecule has 1 N–H and O–H groups in total. The van der Waals surface area contributed by atoms with Gasteiger partial charge in [0.15, 0.2) is 0 Å². The second-order valence-electron chi connectivity index (χ2n) is 15.0. The highest BCUT2D eigenvalue weighted by molar-refractivity contribution is 5.84. The first-order valence-corrected chi connectivity index (χ1v) is 15.1. The SMILES string of the molecule is C=CC(=O)Oc1c(C(C)c2cc(C(C)(C)CCC)cc(C(C)(C)C)c2O)cc(C(C)(C)CCC)cc1C(C)(C)C. The molecule has 0 spiro atoms. The summed E-state index contributed by atoms with van der Waals surface area (Å²) in [7, 11) is 0. The second kappa shape index (κ2) is 12.1. The van der Waals surface area contributed by atoms with Gasteiger partial charge in [0.1, 0.15) is 11.5 Å². The number of carbonyl (C=O) groups is 1. The zero-order valence-electron chi connectivity index (χ0n) is 27.8. The van der Waals surface area contributed by atoms with Gasteiger partial charge >= 0.3 is 5.97 Å².